The third-order valence-corrected chi connectivity index (χ3v) is 2.80. The molecule has 84 valence electrons. The molecule has 0 aliphatic rings. The van der Waals surface area contributed by atoms with E-state index < -0.39 is 5.82 Å². The molecular formula is C11H11ClFN3. The Hall–Kier alpha value is -1.55. The van der Waals surface area contributed by atoms with Gasteiger partial charge in [-0.1, -0.05) is 11.6 Å². The number of aryl methyl sites for hydroxylation is 1. The Bertz CT molecular complexity index is 548. The molecule has 0 bridgehead atoms. The number of nitrogens with zero attached hydrogens (tertiary/aromatic N) is 2. The second-order valence-corrected chi connectivity index (χ2v) is 4.00. The first kappa shape index (κ1) is 11.0. The van der Waals surface area contributed by atoms with Crippen LogP contribution in [-0.4, -0.2) is 9.78 Å². The summed E-state index contributed by atoms with van der Waals surface area (Å²) in [6.45, 7) is 3.65. The average Bonchev–Trinajstić information content (AvgIpc) is 2.50. The third kappa shape index (κ3) is 1.65. The fraction of sp³-hybridized carbons (Fsp3) is 0.182. The van der Waals surface area contributed by atoms with Gasteiger partial charge in [0.2, 0.25) is 0 Å². The lowest BCUT2D eigenvalue weighted by molar-refractivity contribution is 0.625. The summed E-state index contributed by atoms with van der Waals surface area (Å²) in [6, 6.07) is 4.53. The van der Waals surface area contributed by atoms with Gasteiger partial charge >= 0.3 is 0 Å². The van der Waals surface area contributed by atoms with E-state index in [9.17, 15) is 4.39 Å². The zero-order valence-electron chi connectivity index (χ0n) is 8.96. The van der Waals surface area contributed by atoms with E-state index in [4.69, 9.17) is 17.3 Å². The fourth-order valence-corrected chi connectivity index (χ4v) is 1.64. The molecule has 2 rings (SSSR count). The molecule has 0 amide bonds. The minimum Gasteiger partial charge on any atom is -0.396 e. The predicted octanol–water partition coefficient (Wildman–Crippen LogP) is 2.86. The lowest BCUT2D eigenvalue weighted by Gasteiger charge is -2.05. The molecule has 0 aliphatic carbocycles. The number of hydrogen-bond acceptors (Lipinski definition) is 2. The fourth-order valence-electron chi connectivity index (χ4n) is 1.52. The molecule has 1 heterocycles. The Kier molecular flexibility index (Phi) is 2.59. The van der Waals surface area contributed by atoms with Gasteiger partial charge in [0.1, 0.15) is 5.82 Å². The molecular weight excluding hydrogens is 229 g/mol. The molecule has 0 radical (unpaired) electrons. The molecule has 0 saturated heterocycles. The van der Waals surface area contributed by atoms with E-state index in [1.165, 1.54) is 12.1 Å². The largest absolute Gasteiger partial charge is 0.396 e. The third-order valence-electron chi connectivity index (χ3n) is 2.50. The molecule has 0 atom stereocenters. The van der Waals surface area contributed by atoms with Crippen molar-refractivity contribution in [2.24, 2.45) is 0 Å². The number of nitrogens with two attached hydrogens (primary N) is 1. The van der Waals surface area contributed by atoms with Crippen LogP contribution in [0.3, 0.4) is 0 Å². The molecule has 1 aromatic carbocycles. The minimum absolute atomic E-state index is 0.0956. The number of hydrogen-bond donors (Lipinski definition) is 1. The summed E-state index contributed by atoms with van der Waals surface area (Å²) in [5.74, 6) is -0.467. The summed E-state index contributed by atoms with van der Waals surface area (Å²) in [6.07, 6.45) is 0. The Balaban J connectivity index is 2.59. The highest BCUT2D eigenvalue weighted by Crippen LogP contribution is 2.22. The zero-order valence-corrected chi connectivity index (χ0v) is 9.72. The maximum absolute atomic E-state index is 13.3. The Morgan fingerprint density at radius 2 is 2.06 bits per heavy atom. The van der Waals surface area contributed by atoms with E-state index in [1.807, 2.05) is 13.8 Å². The van der Waals surface area contributed by atoms with Crippen LogP contribution in [0.25, 0.3) is 5.69 Å². The molecule has 0 unspecified atom stereocenters. The highest BCUT2D eigenvalue weighted by Gasteiger charge is 2.10. The topological polar surface area (TPSA) is 43.8 Å². The van der Waals surface area contributed by atoms with Crippen LogP contribution >= 0.6 is 11.6 Å². The Morgan fingerprint density at radius 3 is 2.56 bits per heavy atom. The summed E-state index contributed by atoms with van der Waals surface area (Å²) in [5, 5.41) is 4.33. The first-order valence-corrected chi connectivity index (χ1v) is 5.15. The Morgan fingerprint density at radius 1 is 1.38 bits per heavy atom. The van der Waals surface area contributed by atoms with Crippen LogP contribution in [0.2, 0.25) is 5.02 Å². The molecule has 2 aromatic rings. The smallest absolute Gasteiger partial charge is 0.143 e. The quantitative estimate of drug-likeness (QED) is 0.832. The first-order chi connectivity index (χ1) is 7.50. The lowest BCUT2D eigenvalue weighted by Crippen LogP contribution is -2.00. The summed E-state index contributed by atoms with van der Waals surface area (Å²) in [4.78, 5) is 0. The van der Waals surface area contributed by atoms with Crippen LogP contribution in [0, 0.1) is 19.7 Å². The van der Waals surface area contributed by atoms with Crippen molar-refractivity contribution in [3.05, 3.63) is 40.4 Å². The second kappa shape index (κ2) is 3.79. The summed E-state index contributed by atoms with van der Waals surface area (Å²) in [5.41, 5.74) is 8.56. The molecule has 0 aliphatic heterocycles. The molecule has 0 fully saturated rings. The number of benzene rings is 1. The van der Waals surface area contributed by atoms with Crippen LogP contribution in [0.5, 0.6) is 0 Å². The molecule has 3 nitrogen and oxygen atoms in total. The average molecular weight is 240 g/mol. The minimum atomic E-state index is -0.467. The van der Waals surface area contributed by atoms with Crippen molar-refractivity contribution in [1.82, 2.24) is 9.78 Å². The maximum Gasteiger partial charge on any atom is 0.143 e. The van der Waals surface area contributed by atoms with E-state index in [0.29, 0.717) is 11.4 Å². The lowest BCUT2D eigenvalue weighted by atomic mass is 10.3. The molecule has 16 heavy (non-hydrogen) atoms. The second-order valence-electron chi connectivity index (χ2n) is 3.59. The van der Waals surface area contributed by atoms with Gasteiger partial charge in [-0.2, -0.15) is 5.10 Å². The van der Waals surface area contributed by atoms with Gasteiger partial charge in [0.15, 0.2) is 0 Å². The van der Waals surface area contributed by atoms with E-state index >= 15 is 0 Å². The highest BCUT2D eigenvalue weighted by molar-refractivity contribution is 6.30. The SMILES string of the molecule is Cc1nn(-c2ccc(Cl)c(F)c2)c(C)c1N. The van der Waals surface area contributed by atoms with Crippen LogP contribution in [0.15, 0.2) is 18.2 Å². The molecule has 0 saturated carbocycles. The highest BCUT2D eigenvalue weighted by atomic mass is 35.5. The first-order valence-electron chi connectivity index (χ1n) is 4.78. The van der Waals surface area contributed by atoms with E-state index in [1.54, 1.807) is 10.7 Å². The number of nitrogen functional groups attached to an aromatic ring is 1. The molecule has 1 aromatic heterocycles. The van der Waals surface area contributed by atoms with E-state index in [2.05, 4.69) is 5.10 Å². The molecule has 2 N–H and O–H groups in total. The number of anilines is 1. The Labute approximate surface area is 97.6 Å². The van der Waals surface area contributed by atoms with Crippen molar-refractivity contribution < 1.29 is 4.39 Å². The van der Waals surface area contributed by atoms with Crippen molar-refractivity contribution in [3.8, 4) is 5.69 Å². The van der Waals surface area contributed by atoms with Gasteiger partial charge in [0.05, 0.1) is 27.8 Å². The predicted molar refractivity (Wildman–Crippen MR) is 62.4 cm³/mol. The van der Waals surface area contributed by atoms with Crippen molar-refractivity contribution in [1.29, 1.82) is 0 Å². The number of rotatable bonds is 1. The molecule has 0 spiro atoms. The van der Waals surface area contributed by atoms with Gasteiger partial charge in [-0.25, -0.2) is 9.07 Å². The normalized spacial score (nSPS) is 10.8. The number of aromatic nitrogens is 2. The van der Waals surface area contributed by atoms with Crippen molar-refractivity contribution >= 4 is 17.3 Å². The van der Waals surface area contributed by atoms with E-state index in [-0.39, 0.29) is 5.02 Å². The van der Waals surface area contributed by atoms with Gasteiger partial charge in [-0.3, -0.25) is 0 Å². The standard InChI is InChI=1S/C11H11ClFN3/c1-6-11(14)7(2)16(15-6)8-3-4-9(12)10(13)5-8/h3-5H,14H2,1-2H3. The number of halogens is 2. The monoisotopic (exact) mass is 239 g/mol. The van der Waals surface area contributed by atoms with Gasteiger partial charge in [0.25, 0.3) is 0 Å². The van der Waals surface area contributed by atoms with Crippen LogP contribution in [0.4, 0.5) is 10.1 Å². The van der Waals surface area contributed by atoms with Gasteiger partial charge in [-0.05, 0) is 26.0 Å². The van der Waals surface area contributed by atoms with E-state index in [0.717, 1.165) is 11.4 Å². The van der Waals surface area contributed by atoms with Crippen LogP contribution in [-0.2, 0) is 0 Å². The van der Waals surface area contributed by atoms with Crippen molar-refractivity contribution in [3.63, 3.8) is 0 Å². The van der Waals surface area contributed by atoms with Crippen molar-refractivity contribution in [2.75, 3.05) is 5.73 Å². The summed E-state index contributed by atoms with van der Waals surface area (Å²) in [7, 11) is 0. The van der Waals surface area contributed by atoms with Gasteiger partial charge in [-0.15, -0.1) is 0 Å². The van der Waals surface area contributed by atoms with Gasteiger partial charge in [0, 0.05) is 6.07 Å². The van der Waals surface area contributed by atoms with Crippen LogP contribution < -0.4 is 5.73 Å². The van der Waals surface area contributed by atoms with Crippen molar-refractivity contribution in [2.45, 2.75) is 13.8 Å². The zero-order chi connectivity index (χ0) is 11.9. The summed E-state index contributed by atoms with van der Waals surface area (Å²) >= 11 is 5.62. The maximum atomic E-state index is 13.3. The summed E-state index contributed by atoms with van der Waals surface area (Å²) < 4.78 is 14.9. The van der Waals surface area contributed by atoms with Gasteiger partial charge < -0.3 is 5.73 Å². The molecule has 5 heteroatoms. The van der Waals surface area contributed by atoms with Crippen LogP contribution in [0.1, 0.15) is 11.4 Å².